The van der Waals surface area contributed by atoms with Crippen LogP contribution >= 0.6 is 0 Å². The van der Waals surface area contributed by atoms with E-state index in [1.165, 1.54) is 0 Å². The van der Waals surface area contributed by atoms with E-state index in [-0.39, 0.29) is 12.8 Å². The van der Waals surface area contributed by atoms with E-state index in [1.54, 1.807) is 20.8 Å². The first-order valence-electron chi connectivity index (χ1n) is 6.52. The molecule has 0 aromatic carbocycles. The predicted octanol–water partition coefficient (Wildman–Crippen LogP) is 1.94. The second-order valence-electron chi connectivity index (χ2n) is 6.31. The van der Waals surface area contributed by atoms with Crippen molar-refractivity contribution in [3.63, 3.8) is 0 Å². The standard InChI is InChI=1S/C13H21F2NO4/c1-11(2,3)20-10(19)13(16,9(17)18)8-4-6-12(14,15)7-5-8/h8H,4-7,16H2,1-3H3,(H,17,18). The van der Waals surface area contributed by atoms with Gasteiger partial charge in [-0.3, -0.25) is 0 Å². The molecule has 0 aromatic heterocycles. The molecule has 1 atom stereocenters. The van der Waals surface area contributed by atoms with Crippen LogP contribution < -0.4 is 5.73 Å². The third kappa shape index (κ3) is 3.65. The van der Waals surface area contributed by atoms with Crippen LogP contribution in [0.1, 0.15) is 46.5 Å². The van der Waals surface area contributed by atoms with Crippen LogP contribution in [0.15, 0.2) is 0 Å². The Hall–Kier alpha value is -1.24. The van der Waals surface area contributed by atoms with Gasteiger partial charge < -0.3 is 15.6 Å². The molecule has 0 spiro atoms. The number of rotatable bonds is 3. The number of aliphatic carboxylic acids is 1. The molecule has 7 heteroatoms. The summed E-state index contributed by atoms with van der Waals surface area (Å²) in [5, 5.41) is 9.27. The Labute approximate surface area is 116 Å². The lowest BCUT2D eigenvalue weighted by Gasteiger charge is -2.37. The fraction of sp³-hybridized carbons (Fsp3) is 0.846. The molecule has 0 aromatic rings. The van der Waals surface area contributed by atoms with Crippen LogP contribution in [-0.2, 0) is 14.3 Å². The molecule has 1 fully saturated rings. The Morgan fingerprint density at radius 1 is 1.25 bits per heavy atom. The monoisotopic (exact) mass is 293 g/mol. The summed E-state index contributed by atoms with van der Waals surface area (Å²) >= 11 is 0. The number of carbonyl (C=O) groups excluding carboxylic acids is 1. The molecule has 0 heterocycles. The normalized spacial score (nSPS) is 22.9. The summed E-state index contributed by atoms with van der Waals surface area (Å²) in [6.45, 7) is 4.76. The third-order valence-electron chi connectivity index (χ3n) is 3.45. The van der Waals surface area contributed by atoms with Crippen molar-refractivity contribution in [1.82, 2.24) is 0 Å². The smallest absolute Gasteiger partial charge is 0.338 e. The molecule has 1 rings (SSSR count). The second-order valence-corrected chi connectivity index (χ2v) is 6.31. The molecule has 1 saturated carbocycles. The van der Waals surface area contributed by atoms with E-state index in [1.807, 2.05) is 0 Å². The van der Waals surface area contributed by atoms with Crippen LogP contribution in [0.4, 0.5) is 8.78 Å². The summed E-state index contributed by atoms with van der Waals surface area (Å²) in [4.78, 5) is 23.5. The molecule has 0 aliphatic heterocycles. The molecule has 0 radical (unpaired) electrons. The van der Waals surface area contributed by atoms with E-state index in [2.05, 4.69) is 0 Å². The van der Waals surface area contributed by atoms with Crippen molar-refractivity contribution in [2.24, 2.45) is 11.7 Å². The van der Waals surface area contributed by atoms with Crippen LogP contribution in [-0.4, -0.2) is 34.1 Å². The topological polar surface area (TPSA) is 89.6 Å². The molecular weight excluding hydrogens is 272 g/mol. The van der Waals surface area contributed by atoms with Gasteiger partial charge in [0.05, 0.1) is 0 Å². The average molecular weight is 293 g/mol. The maximum absolute atomic E-state index is 13.1. The molecule has 3 N–H and O–H groups in total. The molecule has 0 saturated heterocycles. The van der Waals surface area contributed by atoms with Crippen molar-refractivity contribution in [3.05, 3.63) is 0 Å². The van der Waals surface area contributed by atoms with Gasteiger partial charge in [-0.25, -0.2) is 18.4 Å². The van der Waals surface area contributed by atoms with Gasteiger partial charge in [0, 0.05) is 12.8 Å². The number of carboxylic acid groups (broad SMARTS) is 1. The number of alkyl halides is 2. The molecule has 20 heavy (non-hydrogen) atoms. The first kappa shape index (κ1) is 16.8. The maximum Gasteiger partial charge on any atom is 0.338 e. The minimum absolute atomic E-state index is 0.116. The quantitative estimate of drug-likeness (QED) is 0.613. The lowest BCUT2D eigenvalue weighted by Crippen LogP contribution is -2.62. The Kier molecular flexibility index (Phi) is 4.43. The van der Waals surface area contributed by atoms with Crippen molar-refractivity contribution in [3.8, 4) is 0 Å². The number of carbonyl (C=O) groups is 2. The molecule has 5 nitrogen and oxygen atoms in total. The van der Waals surface area contributed by atoms with Gasteiger partial charge in [0.2, 0.25) is 11.5 Å². The number of nitrogens with two attached hydrogens (primary N) is 1. The zero-order chi connectivity index (χ0) is 15.8. The van der Waals surface area contributed by atoms with Gasteiger partial charge >= 0.3 is 11.9 Å². The van der Waals surface area contributed by atoms with E-state index in [4.69, 9.17) is 10.5 Å². The Morgan fingerprint density at radius 2 is 1.70 bits per heavy atom. The Morgan fingerprint density at radius 3 is 2.05 bits per heavy atom. The second kappa shape index (κ2) is 5.27. The number of ether oxygens (including phenoxy) is 1. The lowest BCUT2D eigenvalue weighted by molar-refractivity contribution is -0.174. The number of esters is 1. The molecule has 1 unspecified atom stereocenters. The van der Waals surface area contributed by atoms with E-state index in [0.717, 1.165) is 0 Å². The first-order chi connectivity index (χ1) is 8.88. The zero-order valence-corrected chi connectivity index (χ0v) is 11.9. The zero-order valence-electron chi connectivity index (χ0n) is 11.9. The van der Waals surface area contributed by atoms with Gasteiger partial charge in [0.15, 0.2) is 0 Å². The SMILES string of the molecule is CC(C)(C)OC(=O)C(N)(C(=O)O)C1CCC(F)(F)CC1. The van der Waals surface area contributed by atoms with Crippen LogP contribution in [0, 0.1) is 5.92 Å². The number of halogens is 2. The van der Waals surface area contributed by atoms with Crippen molar-refractivity contribution in [2.45, 2.75) is 63.5 Å². The highest BCUT2D eigenvalue weighted by atomic mass is 19.3. The number of carboxylic acids is 1. The Bertz CT molecular complexity index is 396. The van der Waals surface area contributed by atoms with Crippen LogP contribution in [0.3, 0.4) is 0 Å². The highest BCUT2D eigenvalue weighted by molar-refractivity contribution is 6.04. The largest absolute Gasteiger partial charge is 0.479 e. The minimum atomic E-state index is -2.82. The van der Waals surface area contributed by atoms with Gasteiger partial charge in [0.25, 0.3) is 0 Å². The minimum Gasteiger partial charge on any atom is -0.479 e. The van der Waals surface area contributed by atoms with Gasteiger partial charge in [-0.1, -0.05) is 0 Å². The van der Waals surface area contributed by atoms with Gasteiger partial charge in [-0.15, -0.1) is 0 Å². The van der Waals surface area contributed by atoms with Gasteiger partial charge in [0.1, 0.15) is 5.60 Å². The molecule has 1 aliphatic rings. The molecular formula is C13H21F2NO4. The fourth-order valence-corrected chi connectivity index (χ4v) is 2.29. The van der Waals surface area contributed by atoms with Crippen LogP contribution in [0.5, 0.6) is 0 Å². The highest BCUT2D eigenvalue weighted by Gasteiger charge is 2.54. The van der Waals surface area contributed by atoms with E-state index >= 15 is 0 Å². The van der Waals surface area contributed by atoms with E-state index < -0.39 is 47.8 Å². The van der Waals surface area contributed by atoms with Crippen molar-refractivity contribution < 1.29 is 28.2 Å². The summed E-state index contributed by atoms with van der Waals surface area (Å²) in [7, 11) is 0. The number of hydrogen-bond acceptors (Lipinski definition) is 4. The van der Waals surface area contributed by atoms with Crippen LogP contribution in [0.2, 0.25) is 0 Å². The van der Waals surface area contributed by atoms with E-state index in [0.29, 0.717) is 0 Å². The third-order valence-corrected chi connectivity index (χ3v) is 3.45. The molecule has 0 bridgehead atoms. The van der Waals surface area contributed by atoms with Gasteiger partial charge in [-0.05, 0) is 39.5 Å². The molecule has 1 aliphatic carbocycles. The summed E-state index contributed by atoms with van der Waals surface area (Å²) < 4.78 is 31.3. The number of hydrogen-bond donors (Lipinski definition) is 2. The lowest BCUT2D eigenvalue weighted by atomic mass is 9.74. The predicted molar refractivity (Wildman–Crippen MR) is 67.3 cm³/mol. The van der Waals surface area contributed by atoms with Crippen molar-refractivity contribution in [1.29, 1.82) is 0 Å². The molecule has 116 valence electrons. The summed E-state index contributed by atoms with van der Waals surface area (Å²) in [6.07, 6.45) is -1.16. The average Bonchev–Trinajstić information content (AvgIpc) is 2.25. The fourth-order valence-electron chi connectivity index (χ4n) is 2.29. The van der Waals surface area contributed by atoms with Gasteiger partial charge in [-0.2, -0.15) is 0 Å². The Balaban J connectivity index is 2.93. The highest BCUT2D eigenvalue weighted by Crippen LogP contribution is 2.40. The van der Waals surface area contributed by atoms with Crippen LogP contribution in [0.25, 0.3) is 0 Å². The summed E-state index contributed by atoms with van der Waals surface area (Å²) in [5.41, 5.74) is 2.57. The summed E-state index contributed by atoms with van der Waals surface area (Å²) in [6, 6.07) is 0. The first-order valence-corrected chi connectivity index (χ1v) is 6.52. The van der Waals surface area contributed by atoms with E-state index in [9.17, 15) is 23.5 Å². The maximum atomic E-state index is 13.1. The van der Waals surface area contributed by atoms with Crippen molar-refractivity contribution in [2.75, 3.05) is 0 Å². The molecule has 0 amide bonds. The summed E-state index contributed by atoms with van der Waals surface area (Å²) in [5.74, 6) is -6.28. The van der Waals surface area contributed by atoms with Crippen molar-refractivity contribution >= 4 is 11.9 Å².